The third-order valence-corrected chi connectivity index (χ3v) is 6.65. The van der Waals surface area contributed by atoms with Crippen LogP contribution in [0.4, 0.5) is 16.6 Å². The fourth-order valence-electron chi connectivity index (χ4n) is 4.42. The lowest BCUT2D eigenvalue weighted by molar-refractivity contribution is 0.251. The Morgan fingerprint density at radius 1 is 1.21 bits per heavy atom. The van der Waals surface area contributed by atoms with Crippen molar-refractivity contribution in [2.45, 2.75) is 44.6 Å². The Bertz CT molecular complexity index is 1660. The summed E-state index contributed by atoms with van der Waals surface area (Å²) in [6.45, 7) is 6.12. The van der Waals surface area contributed by atoms with E-state index < -0.39 is 6.03 Å². The zero-order valence-corrected chi connectivity index (χ0v) is 21.9. The van der Waals surface area contributed by atoms with Gasteiger partial charge in [0.05, 0.1) is 23.0 Å². The summed E-state index contributed by atoms with van der Waals surface area (Å²) in [5.41, 5.74) is 2.74. The molecule has 2 unspecified atom stereocenters. The molecule has 0 spiro atoms. The number of pyridine rings is 1. The maximum absolute atomic E-state index is 13.1. The molecule has 194 valence electrons. The van der Waals surface area contributed by atoms with Gasteiger partial charge in [0.1, 0.15) is 11.5 Å². The Hall–Kier alpha value is -4.72. The number of nitrogens with zero attached hydrogens (tertiary/aromatic N) is 6. The van der Waals surface area contributed by atoms with E-state index in [2.05, 4.69) is 32.0 Å². The highest BCUT2D eigenvalue weighted by atomic mass is 16.2. The van der Waals surface area contributed by atoms with Gasteiger partial charge >= 0.3 is 6.03 Å². The second kappa shape index (κ2) is 9.30. The smallest absolute Gasteiger partial charge is 0.320 e. The highest BCUT2D eigenvalue weighted by Gasteiger charge is 2.42. The van der Waals surface area contributed by atoms with Crippen molar-refractivity contribution >= 4 is 28.8 Å². The third kappa shape index (κ3) is 4.68. The molecule has 0 bridgehead atoms. The van der Waals surface area contributed by atoms with Gasteiger partial charge in [-0.25, -0.2) is 14.5 Å². The maximum Gasteiger partial charge on any atom is 0.320 e. The number of anilines is 2. The van der Waals surface area contributed by atoms with E-state index in [-0.39, 0.29) is 22.9 Å². The van der Waals surface area contributed by atoms with Gasteiger partial charge < -0.3 is 10.6 Å². The molecule has 3 N–H and O–H groups in total. The largest absolute Gasteiger partial charge is 0.357 e. The minimum absolute atomic E-state index is 0.102. The first-order chi connectivity index (χ1) is 18.1. The topological polar surface area (TPSA) is 143 Å². The van der Waals surface area contributed by atoms with Gasteiger partial charge in [-0.1, -0.05) is 26.8 Å². The fraction of sp³-hybridized carbons (Fsp3) is 0.333. The number of aromatic nitrogens is 5. The van der Waals surface area contributed by atoms with E-state index in [4.69, 9.17) is 5.10 Å². The zero-order chi connectivity index (χ0) is 27.2. The van der Waals surface area contributed by atoms with E-state index in [9.17, 15) is 14.9 Å². The molecule has 3 heterocycles. The second-order valence-corrected chi connectivity index (χ2v) is 10.5. The lowest BCUT2D eigenvalue weighted by Crippen LogP contribution is -2.33. The van der Waals surface area contributed by atoms with E-state index in [1.54, 1.807) is 43.2 Å². The average Bonchev–Trinajstić information content (AvgIpc) is 3.51. The Morgan fingerprint density at radius 2 is 2.00 bits per heavy atom. The van der Waals surface area contributed by atoms with Crippen LogP contribution in [-0.2, 0) is 12.5 Å². The van der Waals surface area contributed by atoms with E-state index in [1.807, 2.05) is 39.0 Å². The van der Waals surface area contributed by atoms with Gasteiger partial charge in [0.2, 0.25) is 5.95 Å². The molecule has 1 aliphatic rings. The van der Waals surface area contributed by atoms with Crippen molar-refractivity contribution in [1.29, 1.82) is 5.26 Å². The highest BCUT2D eigenvalue weighted by molar-refractivity contribution is 5.89. The fourth-order valence-corrected chi connectivity index (χ4v) is 4.42. The minimum Gasteiger partial charge on any atom is -0.357 e. The van der Waals surface area contributed by atoms with Crippen LogP contribution in [0.2, 0.25) is 0 Å². The lowest BCUT2D eigenvalue weighted by Gasteiger charge is -2.14. The first-order valence-corrected chi connectivity index (χ1v) is 12.3. The van der Waals surface area contributed by atoms with Gasteiger partial charge in [-0.05, 0) is 30.7 Å². The normalized spacial score (nSPS) is 16.6. The molecule has 1 aliphatic carbocycles. The number of fused-ring (bicyclic) bond motifs is 1. The summed E-state index contributed by atoms with van der Waals surface area (Å²) in [7, 11) is 3.41. The van der Waals surface area contributed by atoms with Crippen LogP contribution >= 0.6 is 0 Å². The molecule has 11 heteroatoms. The molecular formula is C27H29N9O2. The number of amides is 2. The number of nitrogens with one attached hydrogen (secondary N) is 3. The van der Waals surface area contributed by atoms with Crippen LogP contribution in [0, 0.1) is 11.3 Å². The van der Waals surface area contributed by atoms with Crippen molar-refractivity contribution in [3.05, 3.63) is 69.8 Å². The van der Waals surface area contributed by atoms with E-state index in [1.165, 1.54) is 4.57 Å². The lowest BCUT2D eigenvalue weighted by atomic mass is 9.92. The van der Waals surface area contributed by atoms with Crippen LogP contribution in [0.5, 0.6) is 0 Å². The van der Waals surface area contributed by atoms with Crippen LogP contribution in [-0.4, -0.2) is 43.4 Å². The van der Waals surface area contributed by atoms with E-state index >= 15 is 0 Å². The van der Waals surface area contributed by atoms with Gasteiger partial charge in [-0.15, -0.1) is 0 Å². The zero-order valence-electron chi connectivity index (χ0n) is 21.9. The van der Waals surface area contributed by atoms with Crippen molar-refractivity contribution in [1.82, 2.24) is 29.6 Å². The summed E-state index contributed by atoms with van der Waals surface area (Å²) >= 11 is 0. The van der Waals surface area contributed by atoms with Crippen LogP contribution in [0.25, 0.3) is 16.7 Å². The molecule has 2 amide bonds. The number of benzene rings is 1. The Balaban J connectivity index is 1.36. The number of aryl methyl sites for hydroxylation is 1. The third-order valence-electron chi connectivity index (χ3n) is 6.65. The van der Waals surface area contributed by atoms with Crippen LogP contribution in [0.3, 0.4) is 0 Å². The molecule has 5 rings (SSSR count). The number of hydrogen-bond acceptors (Lipinski definition) is 7. The van der Waals surface area contributed by atoms with Gasteiger partial charge in [-0.2, -0.15) is 15.3 Å². The van der Waals surface area contributed by atoms with E-state index in [0.29, 0.717) is 40.6 Å². The van der Waals surface area contributed by atoms with Crippen molar-refractivity contribution in [2.24, 2.45) is 7.05 Å². The number of rotatable bonds is 5. The van der Waals surface area contributed by atoms with Gasteiger partial charge in [-0.3, -0.25) is 14.7 Å². The predicted molar refractivity (Wildman–Crippen MR) is 145 cm³/mol. The molecule has 2 atom stereocenters. The SMILES string of the molecule is CNc1ncc2cc(C3CC3NC(=O)Nc3cc(C(C)(C)C)nn3-c3cccc(C#N)c3)c(=O)n(C)c2n1. The highest BCUT2D eigenvalue weighted by Crippen LogP contribution is 2.40. The number of nitriles is 1. The first-order valence-electron chi connectivity index (χ1n) is 12.3. The summed E-state index contributed by atoms with van der Waals surface area (Å²) in [6.07, 6.45) is 2.34. The summed E-state index contributed by atoms with van der Waals surface area (Å²) < 4.78 is 3.15. The first kappa shape index (κ1) is 25.0. The van der Waals surface area contributed by atoms with E-state index in [0.717, 1.165) is 11.1 Å². The molecule has 1 fully saturated rings. The van der Waals surface area contributed by atoms with Crippen LogP contribution in [0.15, 0.2) is 47.4 Å². The monoisotopic (exact) mass is 511 g/mol. The van der Waals surface area contributed by atoms with Gasteiger partial charge in [0, 0.05) is 54.7 Å². The van der Waals surface area contributed by atoms with Crippen LogP contribution < -0.4 is 21.5 Å². The van der Waals surface area contributed by atoms with Gasteiger partial charge in [0.25, 0.3) is 5.56 Å². The molecule has 1 aromatic carbocycles. The molecular weight excluding hydrogens is 482 g/mol. The van der Waals surface area contributed by atoms with Crippen molar-refractivity contribution in [3.63, 3.8) is 0 Å². The van der Waals surface area contributed by atoms with Crippen LogP contribution in [0.1, 0.15) is 49.9 Å². The summed E-state index contributed by atoms with van der Waals surface area (Å²) in [4.78, 5) is 34.7. The number of carbonyl (C=O) groups excluding carboxylic acids is 1. The molecule has 11 nitrogen and oxygen atoms in total. The molecule has 0 saturated heterocycles. The molecule has 0 aliphatic heterocycles. The van der Waals surface area contributed by atoms with Gasteiger partial charge in [0.15, 0.2) is 0 Å². The molecule has 3 aromatic heterocycles. The number of carbonyl (C=O) groups is 1. The Labute approximate surface area is 219 Å². The predicted octanol–water partition coefficient (Wildman–Crippen LogP) is 3.40. The maximum atomic E-state index is 13.1. The van der Waals surface area contributed by atoms with Crippen molar-refractivity contribution < 1.29 is 4.79 Å². The molecule has 4 aromatic rings. The summed E-state index contributed by atoms with van der Waals surface area (Å²) in [5, 5.41) is 23.5. The summed E-state index contributed by atoms with van der Waals surface area (Å²) in [6, 6.07) is 12.3. The Morgan fingerprint density at radius 3 is 2.71 bits per heavy atom. The molecule has 1 saturated carbocycles. The van der Waals surface area contributed by atoms with Crippen molar-refractivity contribution in [3.8, 4) is 11.8 Å². The number of hydrogen-bond donors (Lipinski definition) is 3. The Kier molecular flexibility index (Phi) is 6.11. The minimum atomic E-state index is -0.393. The molecule has 38 heavy (non-hydrogen) atoms. The quantitative estimate of drug-likeness (QED) is 0.373. The second-order valence-electron chi connectivity index (χ2n) is 10.5. The number of urea groups is 1. The standard InChI is InChI=1S/C27H29N9O2/c1-27(2,3)21-12-22(36(34-21)17-8-6-7-15(9-17)13-28)32-26(38)31-20-11-18(20)19-10-16-14-30-25(29-4)33-23(16)35(5)24(19)37/h6-10,12,14,18,20H,11H2,1-5H3,(H,29,30,33)(H2,31,32,38). The molecule has 0 radical (unpaired) electrons. The summed E-state index contributed by atoms with van der Waals surface area (Å²) in [5.74, 6) is 0.824. The van der Waals surface area contributed by atoms with Crippen molar-refractivity contribution in [2.75, 3.05) is 17.7 Å². The average molecular weight is 512 g/mol.